The largest absolute Gasteiger partial charge is 0.478 e. The van der Waals surface area contributed by atoms with E-state index in [0.717, 1.165) is 44.7 Å². The first-order chi connectivity index (χ1) is 15.5. The van der Waals surface area contributed by atoms with Crippen LogP contribution in [-0.4, -0.2) is 32.9 Å². The molecule has 0 unspecified atom stereocenters. The number of carboxylic acid groups (broad SMARTS) is 1. The van der Waals surface area contributed by atoms with Crippen molar-refractivity contribution in [1.29, 1.82) is 0 Å². The van der Waals surface area contributed by atoms with Crippen LogP contribution in [0, 0.1) is 12.3 Å². The average molecular weight is 420 g/mol. The molecule has 0 spiro atoms. The van der Waals surface area contributed by atoms with Crippen molar-refractivity contribution < 1.29 is 9.90 Å². The molecule has 6 heteroatoms. The van der Waals surface area contributed by atoms with Gasteiger partial charge in [0.25, 0.3) is 0 Å². The van der Waals surface area contributed by atoms with E-state index in [1.807, 2.05) is 67.3 Å². The summed E-state index contributed by atoms with van der Waals surface area (Å²) in [6.45, 7) is 0. The Morgan fingerprint density at radius 3 is 2.69 bits per heavy atom. The Hall–Kier alpha value is -4.37. The lowest BCUT2D eigenvalue weighted by atomic mass is 10.0. The van der Waals surface area contributed by atoms with Crippen molar-refractivity contribution in [2.45, 2.75) is 6.42 Å². The van der Waals surface area contributed by atoms with Crippen LogP contribution in [0.2, 0.25) is 0 Å². The van der Waals surface area contributed by atoms with E-state index in [9.17, 15) is 9.90 Å². The lowest BCUT2D eigenvalue weighted by Crippen LogP contribution is -2.09. The van der Waals surface area contributed by atoms with E-state index in [2.05, 4.69) is 15.8 Å². The Kier molecular flexibility index (Phi) is 4.53. The standard InChI is InChI=1S/C26H20N4O2/c1-4-16-8-10-18(11-9-16)29(2)23-7-5-6-20-24(23)28-30(3)25(20)17-14-21-19(26(31)32)12-13-27-22(21)15-17/h1,5-13,15H,14H2,2-3H3,(H,31,32). The Morgan fingerprint density at radius 1 is 1.19 bits per heavy atom. The minimum absolute atomic E-state index is 0.295. The highest BCUT2D eigenvalue weighted by Crippen LogP contribution is 2.38. The summed E-state index contributed by atoms with van der Waals surface area (Å²) >= 11 is 0. The smallest absolute Gasteiger partial charge is 0.336 e. The summed E-state index contributed by atoms with van der Waals surface area (Å²) in [5.41, 5.74) is 7.40. The van der Waals surface area contributed by atoms with Crippen molar-refractivity contribution >= 4 is 39.9 Å². The third-order valence-electron chi connectivity index (χ3n) is 5.93. The first-order valence-electron chi connectivity index (χ1n) is 10.2. The number of aryl methyl sites for hydroxylation is 1. The monoisotopic (exact) mass is 420 g/mol. The van der Waals surface area contributed by atoms with Crippen molar-refractivity contribution in [2.24, 2.45) is 7.05 Å². The van der Waals surface area contributed by atoms with Crippen LogP contribution in [0.5, 0.6) is 0 Å². The van der Waals surface area contributed by atoms with Crippen molar-refractivity contribution in [3.8, 4) is 12.3 Å². The second-order valence-electron chi connectivity index (χ2n) is 7.77. The minimum atomic E-state index is -0.937. The zero-order valence-corrected chi connectivity index (χ0v) is 17.7. The molecule has 0 amide bonds. The predicted octanol–water partition coefficient (Wildman–Crippen LogP) is 4.51. The second-order valence-corrected chi connectivity index (χ2v) is 7.77. The molecule has 156 valence electrons. The van der Waals surface area contributed by atoms with Crippen molar-refractivity contribution in [3.63, 3.8) is 0 Å². The van der Waals surface area contributed by atoms with Gasteiger partial charge in [-0.25, -0.2) is 4.79 Å². The van der Waals surface area contributed by atoms with Gasteiger partial charge in [0, 0.05) is 43.4 Å². The van der Waals surface area contributed by atoms with E-state index in [1.165, 1.54) is 0 Å². The quantitative estimate of drug-likeness (QED) is 0.492. The molecule has 1 aliphatic carbocycles. The molecule has 2 heterocycles. The van der Waals surface area contributed by atoms with E-state index in [0.29, 0.717) is 17.7 Å². The third-order valence-corrected chi connectivity index (χ3v) is 5.93. The van der Waals surface area contributed by atoms with Crippen LogP contribution < -0.4 is 4.90 Å². The number of benzene rings is 2. The first kappa shape index (κ1) is 19.6. The minimum Gasteiger partial charge on any atom is -0.478 e. The number of nitrogens with zero attached hydrogens (tertiary/aromatic N) is 4. The number of pyridine rings is 1. The number of hydrogen-bond acceptors (Lipinski definition) is 4. The van der Waals surface area contributed by atoms with Crippen LogP contribution in [0.15, 0.2) is 54.7 Å². The van der Waals surface area contributed by atoms with Gasteiger partial charge in [-0.2, -0.15) is 5.10 Å². The zero-order valence-electron chi connectivity index (χ0n) is 17.7. The third kappa shape index (κ3) is 3.03. The van der Waals surface area contributed by atoms with Crippen LogP contribution in [-0.2, 0) is 13.5 Å². The van der Waals surface area contributed by atoms with Crippen LogP contribution >= 0.6 is 0 Å². The maximum absolute atomic E-state index is 11.6. The summed E-state index contributed by atoms with van der Waals surface area (Å²) < 4.78 is 1.86. The highest BCUT2D eigenvalue weighted by atomic mass is 16.4. The van der Waals surface area contributed by atoms with Crippen LogP contribution in [0.4, 0.5) is 11.4 Å². The fraction of sp³-hybridized carbons (Fsp3) is 0.115. The summed E-state index contributed by atoms with van der Waals surface area (Å²) in [5, 5.41) is 15.4. The highest BCUT2D eigenvalue weighted by molar-refractivity contribution is 6.04. The van der Waals surface area contributed by atoms with Gasteiger partial charge in [-0.1, -0.05) is 18.1 Å². The van der Waals surface area contributed by atoms with E-state index in [1.54, 1.807) is 12.3 Å². The Balaban J connectivity index is 1.59. The molecule has 0 bridgehead atoms. The van der Waals surface area contributed by atoms with Gasteiger partial charge in [0.2, 0.25) is 0 Å². The summed E-state index contributed by atoms with van der Waals surface area (Å²) in [5.74, 6) is 1.70. The number of hydrogen-bond donors (Lipinski definition) is 1. The molecule has 0 aliphatic heterocycles. The van der Waals surface area contributed by atoms with Crippen molar-refractivity contribution in [1.82, 2.24) is 14.8 Å². The molecule has 0 saturated carbocycles. The molecule has 0 radical (unpaired) electrons. The maximum Gasteiger partial charge on any atom is 0.336 e. The van der Waals surface area contributed by atoms with Crippen molar-refractivity contribution in [3.05, 3.63) is 82.8 Å². The first-order valence-corrected chi connectivity index (χ1v) is 10.2. The molecule has 0 fully saturated rings. The molecule has 0 atom stereocenters. The highest BCUT2D eigenvalue weighted by Gasteiger charge is 2.25. The summed E-state index contributed by atoms with van der Waals surface area (Å²) in [6, 6.07) is 15.5. The topological polar surface area (TPSA) is 71.2 Å². The predicted molar refractivity (Wildman–Crippen MR) is 126 cm³/mol. The maximum atomic E-state index is 11.6. The van der Waals surface area contributed by atoms with Gasteiger partial charge in [0.15, 0.2) is 0 Å². The van der Waals surface area contributed by atoms with E-state index >= 15 is 0 Å². The molecule has 32 heavy (non-hydrogen) atoms. The Labute approximate surface area is 185 Å². The number of fused-ring (bicyclic) bond motifs is 2. The van der Waals surface area contributed by atoms with Gasteiger partial charge < -0.3 is 10.0 Å². The average Bonchev–Trinajstić information content (AvgIpc) is 3.37. The Bertz CT molecular complexity index is 1460. The molecule has 0 saturated heterocycles. The zero-order chi connectivity index (χ0) is 22.4. The number of carboxylic acids is 1. The normalized spacial score (nSPS) is 12.3. The van der Waals surface area contributed by atoms with Crippen molar-refractivity contribution in [2.75, 3.05) is 11.9 Å². The number of terminal acetylenes is 1. The number of carbonyl (C=O) groups is 1. The molecule has 4 aromatic rings. The molecular weight excluding hydrogens is 400 g/mol. The molecule has 2 aromatic carbocycles. The lowest BCUT2D eigenvalue weighted by molar-refractivity contribution is 0.0695. The van der Waals surface area contributed by atoms with Gasteiger partial charge in [0.05, 0.1) is 22.6 Å². The molecule has 6 nitrogen and oxygen atoms in total. The van der Waals surface area contributed by atoms with Crippen LogP contribution in [0.1, 0.15) is 32.9 Å². The van der Waals surface area contributed by atoms with Crippen LogP contribution in [0.25, 0.3) is 22.6 Å². The lowest BCUT2D eigenvalue weighted by Gasteiger charge is -2.20. The molecule has 1 N–H and O–H groups in total. The van der Waals surface area contributed by atoms with E-state index in [-0.39, 0.29) is 0 Å². The molecule has 1 aliphatic rings. The second kappa shape index (κ2) is 7.40. The molecular formula is C26H20N4O2. The number of rotatable bonds is 4. The Morgan fingerprint density at radius 2 is 1.97 bits per heavy atom. The van der Waals surface area contributed by atoms with Crippen LogP contribution in [0.3, 0.4) is 0 Å². The SMILES string of the molecule is C#Cc1ccc(N(C)c2cccc3c(C4=Cc5nccc(C(=O)O)c5C4)n(C)nc23)cc1. The van der Waals surface area contributed by atoms with Gasteiger partial charge in [-0.05, 0) is 53.6 Å². The number of aromatic carboxylic acids is 1. The molecule has 5 rings (SSSR count). The number of anilines is 2. The fourth-order valence-electron chi connectivity index (χ4n) is 4.35. The summed E-state index contributed by atoms with van der Waals surface area (Å²) in [7, 11) is 3.91. The van der Waals surface area contributed by atoms with E-state index in [4.69, 9.17) is 11.5 Å². The summed E-state index contributed by atoms with van der Waals surface area (Å²) in [6.07, 6.45) is 9.50. The van der Waals surface area contributed by atoms with E-state index < -0.39 is 5.97 Å². The van der Waals surface area contributed by atoms with Gasteiger partial charge >= 0.3 is 5.97 Å². The van der Waals surface area contributed by atoms with Gasteiger partial charge in [-0.15, -0.1) is 6.42 Å². The summed E-state index contributed by atoms with van der Waals surface area (Å²) in [4.78, 5) is 18.1. The fourth-order valence-corrected chi connectivity index (χ4v) is 4.35. The number of aromatic nitrogens is 3. The van der Waals surface area contributed by atoms with Gasteiger partial charge in [0.1, 0.15) is 5.52 Å². The molecule has 2 aromatic heterocycles. The number of allylic oxidation sites excluding steroid dienone is 1. The van der Waals surface area contributed by atoms with Gasteiger partial charge in [-0.3, -0.25) is 9.67 Å².